The number of aromatic nitrogens is 1. The molecule has 1 aromatic carbocycles. The summed E-state index contributed by atoms with van der Waals surface area (Å²) in [4.78, 5) is 16.2. The molecular weight excluding hydrogens is 342 g/mol. The number of carbonyl (C=O) groups is 1. The first-order chi connectivity index (χ1) is 11.8. The molecule has 0 fully saturated rings. The highest BCUT2D eigenvalue weighted by Crippen LogP contribution is 2.21. The van der Waals surface area contributed by atoms with E-state index in [0.717, 1.165) is 11.9 Å². The van der Waals surface area contributed by atoms with Crippen LogP contribution in [0.25, 0.3) is 0 Å². The summed E-state index contributed by atoms with van der Waals surface area (Å²) in [6, 6.07) is 12.0. The first-order valence-electron chi connectivity index (χ1n) is 7.65. The van der Waals surface area contributed by atoms with Crippen LogP contribution in [0.5, 0.6) is 5.75 Å². The molecule has 0 bridgehead atoms. The Morgan fingerprint density at radius 3 is 2.48 bits per heavy atom. The highest BCUT2D eigenvalue weighted by molar-refractivity contribution is 7.92. The van der Waals surface area contributed by atoms with Gasteiger partial charge in [0.25, 0.3) is 5.91 Å². The summed E-state index contributed by atoms with van der Waals surface area (Å²) >= 11 is 0. The second-order valence-corrected chi connectivity index (χ2v) is 7.54. The molecular formula is C17H21N3O4S. The zero-order valence-corrected chi connectivity index (χ0v) is 15.2. The zero-order chi connectivity index (χ0) is 18.4. The van der Waals surface area contributed by atoms with Crippen LogP contribution in [-0.2, 0) is 21.4 Å². The van der Waals surface area contributed by atoms with E-state index < -0.39 is 16.1 Å². The minimum absolute atomic E-state index is 0.261. The fourth-order valence-corrected chi connectivity index (χ4v) is 2.51. The molecule has 1 atom stereocenters. The highest BCUT2D eigenvalue weighted by Gasteiger charge is 2.15. The number of hydrogen-bond donors (Lipinski definition) is 1. The van der Waals surface area contributed by atoms with Gasteiger partial charge in [-0.2, -0.15) is 0 Å². The number of nitrogens with zero attached hydrogens (tertiary/aromatic N) is 2. The Hall–Kier alpha value is -2.61. The number of hydrogen-bond acceptors (Lipinski definition) is 5. The third kappa shape index (κ3) is 5.46. The van der Waals surface area contributed by atoms with Crippen LogP contribution in [0, 0.1) is 0 Å². The monoisotopic (exact) mass is 363 g/mol. The predicted octanol–water partition coefficient (Wildman–Crippen LogP) is 1.56. The van der Waals surface area contributed by atoms with Gasteiger partial charge < -0.3 is 10.1 Å². The Bertz CT molecular complexity index is 808. The fourth-order valence-electron chi connectivity index (χ4n) is 2.01. The summed E-state index contributed by atoms with van der Waals surface area (Å²) in [5.41, 5.74) is 1.28. The topological polar surface area (TPSA) is 88.6 Å². The second-order valence-electron chi connectivity index (χ2n) is 5.52. The summed E-state index contributed by atoms with van der Waals surface area (Å²) in [6.07, 6.45) is 2.10. The molecule has 7 nitrogen and oxygen atoms in total. The molecule has 1 aromatic heterocycles. The molecule has 0 radical (unpaired) electrons. The molecule has 0 aliphatic rings. The number of anilines is 1. The smallest absolute Gasteiger partial charge is 0.261 e. The average molecular weight is 363 g/mol. The Labute approximate surface area is 147 Å². The van der Waals surface area contributed by atoms with Gasteiger partial charge in [-0.1, -0.05) is 6.07 Å². The number of rotatable bonds is 7. The van der Waals surface area contributed by atoms with Gasteiger partial charge >= 0.3 is 0 Å². The number of sulfonamides is 1. The standard InChI is InChI=1S/C17H21N3O4S/c1-13(17(21)19-12-14-6-4-5-11-18-14)24-16-9-7-15(8-10-16)20(2)25(3,22)23/h4-11,13H,12H2,1-3H3,(H,19,21). The number of benzene rings is 1. The molecule has 0 saturated carbocycles. The van der Waals surface area contributed by atoms with Gasteiger partial charge in [-0.15, -0.1) is 0 Å². The lowest BCUT2D eigenvalue weighted by Crippen LogP contribution is -2.36. The highest BCUT2D eigenvalue weighted by atomic mass is 32.2. The van der Waals surface area contributed by atoms with E-state index in [1.807, 2.05) is 18.2 Å². The van der Waals surface area contributed by atoms with E-state index in [0.29, 0.717) is 18.0 Å². The summed E-state index contributed by atoms with van der Waals surface area (Å²) < 4.78 is 29.8. The molecule has 25 heavy (non-hydrogen) atoms. The van der Waals surface area contributed by atoms with Crippen LogP contribution in [0.2, 0.25) is 0 Å². The maximum absolute atomic E-state index is 12.1. The minimum atomic E-state index is -3.32. The van der Waals surface area contributed by atoms with Crippen LogP contribution in [0.4, 0.5) is 5.69 Å². The van der Waals surface area contributed by atoms with Crippen LogP contribution in [0.3, 0.4) is 0 Å². The molecule has 1 heterocycles. The molecule has 8 heteroatoms. The summed E-state index contributed by atoms with van der Waals surface area (Å²) in [6.45, 7) is 1.97. The lowest BCUT2D eigenvalue weighted by Gasteiger charge is -2.18. The number of amides is 1. The van der Waals surface area contributed by atoms with Crippen LogP contribution in [0.1, 0.15) is 12.6 Å². The van der Waals surface area contributed by atoms with Crippen LogP contribution in [-0.4, -0.2) is 38.7 Å². The van der Waals surface area contributed by atoms with Crippen molar-refractivity contribution in [3.63, 3.8) is 0 Å². The van der Waals surface area contributed by atoms with Crippen LogP contribution in [0.15, 0.2) is 48.7 Å². The SMILES string of the molecule is CC(Oc1ccc(N(C)S(C)(=O)=O)cc1)C(=O)NCc1ccccn1. The van der Waals surface area contributed by atoms with Crippen molar-refractivity contribution in [2.75, 3.05) is 17.6 Å². The third-order valence-electron chi connectivity index (χ3n) is 3.55. The molecule has 2 rings (SSSR count). The van der Waals surface area contributed by atoms with Crippen molar-refractivity contribution < 1.29 is 17.9 Å². The van der Waals surface area contributed by atoms with Crippen molar-refractivity contribution in [3.8, 4) is 5.75 Å². The predicted molar refractivity (Wildman–Crippen MR) is 95.9 cm³/mol. The molecule has 0 aliphatic heterocycles. The van der Waals surface area contributed by atoms with Gasteiger partial charge in [-0.25, -0.2) is 8.42 Å². The van der Waals surface area contributed by atoms with Gasteiger partial charge in [0, 0.05) is 13.2 Å². The quantitative estimate of drug-likeness (QED) is 0.806. The molecule has 0 aliphatic carbocycles. The molecule has 0 saturated heterocycles. The number of pyridine rings is 1. The van der Waals surface area contributed by atoms with Crippen LogP contribution >= 0.6 is 0 Å². The molecule has 134 valence electrons. The average Bonchev–Trinajstić information content (AvgIpc) is 2.59. The van der Waals surface area contributed by atoms with E-state index in [1.54, 1.807) is 37.4 Å². The molecule has 2 aromatic rings. The van der Waals surface area contributed by atoms with Crippen molar-refractivity contribution in [2.45, 2.75) is 19.6 Å². The van der Waals surface area contributed by atoms with Gasteiger partial charge in [0.1, 0.15) is 5.75 Å². The Kier molecular flexibility index (Phi) is 5.97. The Morgan fingerprint density at radius 1 is 1.24 bits per heavy atom. The zero-order valence-electron chi connectivity index (χ0n) is 14.3. The van der Waals surface area contributed by atoms with E-state index in [4.69, 9.17) is 4.74 Å². The lowest BCUT2D eigenvalue weighted by atomic mass is 10.3. The van der Waals surface area contributed by atoms with E-state index in [1.165, 1.54) is 11.4 Å². The molecule has 0 spiro atoms. The van der Waals surface area contributed by atoms with Crippen LogP contribution < -0.4 is 14.4 Å². The Morgan fingerprint density at radius 2 is 1.92 bits per heavy atom. The normalized spacial score (nSPS) is 12.3. The molecule has 1 amide bonds. The van der Waals surface area contributed by atoms with Crippen molar-refractivity contribution in [2.24, 2.45) is 0 Å². The summed E-state index contributed by atoms with van der Waals surface area (Å²) in [5.74, 6) is 0.217. The lowest BCUT2D eigenvalue weighted by molar-refractivity contribution is -0.127. The van der Waals surface area contributed by atoms with Gasteiger partial charge in [0.2, 0.25) is 10.0 Å². The van der Waals surface area contributed by atoms with E-state index in [2.05, 4.69) is 10.3 Å². The number of carbonyl (C=O) groups excluding carboxylic acids is 1. The van der Waals surface area contributed by atoms with Crippen molar-refractivity contribution in [3.05, 3.63) is 54.4 Å². The maximum Gasteiger partial charge on any atom is 0.261 e. The van der Waals surface area contributed by atoms with Gasteiger partial charge in [-0.05, 0) is 43.3 Å². The minimum Gasteiger partial charge on any atom is -0.481 e. The Balaban J connectivity index is 1.91. The summed E-state index contributed by atoms with van der Waals surface area (Å²) in [5, 5.41) is 2.75. The van der Waals surface area contributed by atoms with Gasteiger partial charge in [-0.3, -0.25) is 14.1 Å². The van der Waals surface area contributed by atoms with Crippen molar-refractivity contribution in [1.82, 2.24) is 10.3 Å². The summed E-state index contributed by atoms with van der Waals surface area (Å²) in [7, 11) is -1.85. The molecule has 1 unspecified atom stereocenters. The first-order valence-corrected chi connectivity index (χ1v) is 9.50. The fraction of sp³-hybridized carbons (Fsp3) is 0.294. The second kappa shape index (κ2) is 7.98. The number of ether oxygens (including phenoxy) is 1. The third-order valence-corrected chi connectivity index (χ3v) is 4.76. The van der Waals surface area contributed by atoms with E-state index in [9.17, 15) is 13.2 Å². The largest absolute Gasteiger partial charge is 0.481 e. The van der Waals surface area contributed by atoms with E-state index in [-0.39, 0.29) is 5.91 Å². The van der Waals surface area contributed by atoms with Gasteiger partial charge in [0.15, 0.2) is 6.10 Å². The maximum atomic E-state index is 12.1. The van der Waals surface area contributed by atoms with E-state index >= 15 is 0 Å². The van der Waals surface area contributed by atoms with Crippen molar-refractivity contribution in [1.29, 1.82) is 0 Å². The van der Waals surface area contributed by atoms with Crippen molar-refractivity contribution >= 4 is 21.6 Å². The first kappa shape index (κ1) is 18.7. The van der Waals surface area contributed by atoms with Gasteiger partial charge in [0.05, 0.1) is 24.2 Å². The number of nitrogens with one attached hydrogen (secondary N) is 1. The molecule has 1 N–H and O–H groups in total.